The van der Waals surface area contributed by atoms with Gasteiger partial charge >= 0.3 is 6.03 Å². The van der Waals surface area contributed by atoms with Crippen LogP contribution in [0, 0.1) is 17.5 Å². The largest absolute Gasteiger partial charge is 0.331 e. The van der Waals surface area contributed by atoms with Crippen LogP contribution in [-0.2, 0) is 6.54 Å². The summed E-state index contributed by atoms with van der Waals surface area (Å²) in [6, 6.07) is 9.41. The Labute approximate surface area is 160 Å². The van der Waals surface area contributed by atoms with Crippen LogP contribution in [0.25, 0.3) is 0 Å². The number of urea groups is 1. The van der Waals surface area contributed by atoms with Gasteiger partial charge in [0.25, 0.3) is 0 Å². The van der Waals surface area contributed by atoms with E-state index >= 15 is 0 Å². The number of carbonyl (C=O) groups excluding carboxylic acids is 1. The number of hydrogen-bond donors (Lipinski definition) is 2. The fraction of sp³-hybridized carbons (Fsp3) is 0.200. The smallest absolute Gasteiger partial charge is 0.320 e. The lowest BCUT2D eigenvalue weighted by Crippen LogP contribution is -2.33. The number of amides is 2. The Hall–Kier alpha value is -3.29. The van der Waals surface area contributed by atoms with E-state index in [1.165, 1.54) is 23.0 Å². The molecule has 0 fully saturated rings. The van der Waals surface area contributed by atoms with Crippen molar-refractivity contribution in [3.63, 3.8) is 0 Å². The minimum Gasteiger partial charge on any atom is -0.331 e. The molecule has 1 unspecified atom stereocenters. The number of benzene rings is 2. The molecule has 2 aromatic carbocycles. The van der Waals surface area contributed by atoms with Crippen LogP contribution in [0.1, 0.15) is 30.5 Å². The third-order valence-corrected chi connectivity index (χ3v) is 4.25. The lowest BCUT2D eigenvalue weighted by Gasteiger charge is -2.19. The van der Waals surface area contributed by atoms with Gasteiger partial charge in [-0.25, -0.2) is 22.6 Å². The van der Waals surface area contributed by atoms with Gasteiger partial charge in [-0.05, 0) is 42.3 Å². The van der Waals surface area contributed by atoms with Crippen molar-refractivity contribution in [1.29, 1.82) is 0 Å². The monoisotopic (exact) mass is 388 g/mol. The van der Waals surface area contributed by atoms with Crippen LogP contribution in [0.5, 0.6) is 0 Å². The Morgan fingerprint density at radius 2 is 1.79 bits per heavy atom. The van der Waals surface area contributed by atoms with Crippen LogP contribution < -0.4 is 10.6 Å². The molecule has 0 radical (unpaired) electrons. The van der Waals surface area contributed by atoms with Gasteiger partial charge in [0.2, 0.25) is 0 Å². The first-order valence-corrected chi connectivity index (χ1v) is 8.75. The molecule has 0 aliphatic carbocycles. The Balaban J connectivity index is 1.68. The highest BCUT2D eigenvalue weighted by atomic mass is 19.1. The molecule has 0 spiro atoms. The zero-order chi connectivity index (χ0) is 20.1. The molecular formula is C20H19F3N4O. The van der Waals surface area contributed by atoms with Gasteiger partial charge in [0.15, 0.2) is 0 Å². The van der Waals surface area contributed by atoms with Crippen molar-refractivity contribution >= 4 is 11.8 Å². The number of carbonyl (C=O) groups is 1. The van der Waals surface area contributed by atoms with E-state index in [0.717, 1.165) is 23.8 Å². The zero-order valence-electron chi connectivity index (χ0n) is 15.1. The molecule has 0 aliphatic heterocycles. The Kier molecular flexibility index (Phi) is 5.98. The van der Waals surface area contributed by atoms with E-state index in [4.69, 9.17) is 0 Å². The number of hydrogen-bond acceptors (Lipinski definition) is 2. The summed E-state index contributed by atoms with van der Waals surface area (Å²) in [5.41, 5.74) is 0.888. The van der Waals surface area contributed by atoms with Gasteiger partial charge in [0.1, 0.15) is 23.3 Å². The van der Waals surface area contributed by atoms with Crippen molar-refractivity contribution in [3.8, 4) is 0 Å². The molecule has 146 valence electrons. The topological polar surface area (TPSA) is 59.0 Å². The van der Waals surface area contributed by atoms with Crippen LogP contribution >= 0.6 is 0 Å². The minimum absolute atomic E-state index is 0.0810. The molecule has 0 saturated heterocycles. The van der Waals surface area contributed by atoms with Gasteiger partial charge < -0.3 is 5.32 Å². The maximum Gasteiger partial charge on any atom is 0.320 e. The summed E-state index contributed by atoms with van der Waals surface area (Å²) < 4.78 is 42.0. The first kappa shape index (κ1) is 19.5. The normalized spacial score (nSPS) is 11.9. The number of anilines is 1. The molecule has 0 bridgehead atoms. The Morgan fingerprint density at radius 1 is 1.07 bits per heavy atom. The van der Waals surface area contributed by atoms with E-state index in [-0.39, 0.29) is 11.4 Å². The molecule has 2 amide bonds. The van der Waals surface area contributed by atoms with Crippen LogP contribution in [0.15, 0.2) is 54.7 Å². The molecule has 28 heavy (non-hydrogen) atoms. The maximum absolute atomic E-state index is 14.0. The summed E-state index contributed by atoms with van der Waals surface area (Å²) in [4.78, 5) is 12.4. The zero-order valence-corrected chi connectivity index (χ0v) is 15.1. The molecule has 1 atom stereocenters. The molecule has 3 aromatic rings. The molecular weight excluding hydrogens is 369 g/mol. The lowest BCUT2D eigenvalue weighted by molar-refractivity contribution is 0.247. The second kappa shape index (κ2) is 8.60. The molecule has 5 nitrogen and oxygen atoms in total. The molecule has 8 heteroatoms. The van der Waals surface area contributed by atoms with Crippen LogP contribution in [-0.4, -0.2) is 15.8 Å². The van der Waals surface area contributed by atoms with E-state index in [1.54, 1.807) is 25.1 Å². The molecule has 3 rings (SSSR count). The lowest BCUT2D eigenvalue weighted by atomic mass is 10.0. The predicted octanol–water partition coefficient (Wildman–Crippen LogP) is 4.62. The number of nitrogens with one attached hydrogen (secondary N) is 2. The third kappa shape index (κ3) is 4.70. The van der Waals surface area contributed by atoms with Crippen molar-refractivity contribution in [3.05, 3.63) is 83.3 Å². The first-order valence-electron chi connectivity index (χ1n) is 8.75. The third-order valence-electron chi connectivity index (χ3n) is 4.25. The second-order valence-corrected chi connectivity index (χ2v) is 6.23. The highest BCUT2D eigenvalue weighted by Gasteiger charge is 2.18. The fourth-order valence-corrected chi connectivity index (χ4v) is 2.82. The summed E-state index contributed by atoms with van der Waals surface area (Å²) in [7, 11) is 0. The van der Waals surface area contributed by atoms with Gasteiger partial charge in [0, 0.05) is 11.6 Å². The minimum atomic E-state index is -0.691. The standard InChI is InChI=1S/C20H19F3N4O/c1-2-18(16-11-15(22)7-8-17(16)23)25-20(28)26-19-9-10-24-27(19)12-13-3-5-14(21)6-4-13/h3-11,18H,2,12H2,1H3,(H2,25,26,28). The molecule has 0 saturated carbocycles. The van der Waals surface area contributed by atoms with Crippen molar-refractivity contribution < 1.29 is 18.0 Å². The van der Waals surface area contributed by atoms with Gasteiger partial charge in [-0.15, -0.1) is 0 Å². The van der Waals surface area contributed by atoms with Gasteiger partial charge in [-0.1, -0.05) is 19.1 Å². The molecule has 0 aliphatic rings. The Bertz CT molecular complexity index is 956. The van der Waals surface area contributed by atoms with Crippen molar-refractivity contribution in [2.75, 3.05) is 5.32 Å². The predicted molar refractivity (Wildman–Crippen MR) is 99.3 cm³/mol. The van der Waals surface area contributed by atoms with Gasteiger partial charge in [0.05, 0.1) is 18.8 Å². The summed E-state index contributed by atoms with van der Waals surface area (Å²) in [6.45, 7) is 2.09. The SMILES string of the molecule is CCC(NC(=O)Nc1ccnn1Cc1ccc(F)cc1)c1cc(F)ccc1F. The van der Waals surface area contributed by atoms with Crippen LogP contribution in [0.3, 0.4) is 0 Å². The molecule has 2 N–H and O–H groups in total. The second-order valence-electron chi connectivity index (χ2n) is 6.23. The average molecular weight is 388 g/mol. The van der Waals surface area contributed by atoms with E-state index in [0.29, 0.717) is 18.8 Å². The first-order chi connectivity index (χ1) is 13.5. The summed E-state index contributed by atoms with van der Waals surface area (Å²) >= 11 is 0. The van der Waals surface area contributed by atoms with Crippen molar-refractivity contribution in [2.45, 2.75) is 25.9 Å². The number of rotatable bonds is 6. The fourth-order valence-electron chi connectivity index (χ4n) is 2.82. The molecule has 1 heterocycles. The number of aromatic nitrogens is 2. The number of halogens is 3. The highest BCUT2D eigenvalue weighted by molar-refractivity contribution is 5.88. The van der Waals surface area contributed by atoms with E-state index < -0.39 is 23.7 Å². The van der Waals surface area contributed by atoms with Gasteiger partial charge in [-0.3, -0.25) is 5.32 Å². The van der Waals surface area contributed by atoms with Crippen LogP contribution in [0.4, 0.5) is 23.8 Å². The highest BCUT2D eigenvalue weighted by Crippen LogP contribution is 2.21. The van der Waals surface area contributed by atoms with Crippen LogP contribution in [0.2, 0.25) is 0 Å². The Morgan fingerprint density at radius 3 is 2.50 bits per heavy atom. The van der Waals surface area contributed by atoms with Gasteiger partial charge in [-0.2, -0.15) is 5.10 Å². The van der Waals surface area contributed by atoms with E-state index in [9.17, 15) is 18.0 Å². The van der Waals surface area contributed by atoms with E-state index in [2.05, 4.69) is 15.7 Å². The average Bonchev–Trinajstić information content (AvgIpc) is 3.10. The summed E-state index contributed by atoms with van der Waals surface area (Å²) in [6.07, 6.45) is 1.89. The van der Waals surface area contributed by atoms with Crippen molar-refractivity contribution in [2.24, 2.45) is 0 Å². The molecule has 1 aromatic heterocycles. The maximum atomic E-state index is 14.0. The summed E-state index contributed by atoms with van der Waals surface area (Å²) in [5, 5.41) is 9.43. The quantitative estimate of drug-likeness (QED) is 0.647. The summed E-state index contributed by atoms with van der Waals surface area (Å²) in [5.74, 6) is -1.09. The van der Waals surface area contributed by atoms with E-state index in [1.807, 2.05) is 0 Å². The number of nitrogens with zero attached hydrogens (tertiary/aromatic N) is 2. The van der Waals surface area contributed by atoms with Crippen molar-refractivity contribution in [1.82, 2.24) is 15.1 Å².